The number of methoxy groups -OCH3 is 1. The monoisotopic (exact) mass is 360 g/mol. The van der Waals surface area contributed by atoms with Crippen molar-refractivity contribution >= 4 is 18.9 Å². The van der Waals surface area contributed by atoms with Gasteiger partial charge in [0.25, 0.3) is 0 Å². The van der Waals surface area contributed by atoms with Crippen LogP contribution in [0.4, 0.5) is 0 Å². The summed E-state index contributed by atoms with van der Waals surface area (Å²) in [6.07, 6.45) is -3.29. The van der Waals surface area contributed by atoms with Gasteiger partial charge in [0.1, 0.15) is 24.1 Å². The molecule has 0 saturated carbocycles. The Balaban J connectivity index is 1.83. The fourth-order valence-electron chi connectivity index (χ4n) is 2.61. The Morgan fingerprint density at radius 1 is 1.33 bits per heavy atom. The van der Waals surface area contributed by atoms with Crippen LogP contribution in [0, 0.1) is 0 Å². The molecule has 1 aliphatic heterocycles. The zero-order valence-electron chi connectivity index (χ0n) is 12.6. The summed E-state index contributed by atoms with van der Waals surface area (Å²) in [6, 6.07) is 5.15. The molecule has 10 nitrogen and oxygen atoms in total. The van der Waals surface area contributed by atoms with E-state index in [1.165, 1.54) is 18.0 Å². The summed E-state index contributed by atoms with van der Waals surface area (Å²) in [5, 5.41) is 20.2. The Kier molecular flexibility index (Phi) is 4.63. The fourth-order valence-corrected chi connectivity index (χ4v) is 2.95. The number of phosphoric acid groups is 1. The lowest BCUT2D eigenvalue weighted by molar-refractivity contribution is -0.0501. The molecular weight excluding hydrogens is 343 g/mol. The SMILES string of the molecule is COc1ccc2c(c1)ncn2[C@H]1O[C@H](COP(=O)(O)O)[C@@H](O)[C@H]1O. The number of fused-ring (bicyclic) bond motifs is 1. The van der Waals surface area contributed by atoms with Crippen LogP contribution in [-0.4, -0.2) is 61.6 Å². The molecule has 4 N–H and O–H groups in total. The second-order valence-corrected chi connectivity index (χ2v) is 6.58. The van der Waals surface area contributed by atoms with Crippen LogP contribution in [0.15, 0.2) is 24.5 Å². The molecule has 11 heteroatoms. The minimum Gasteiger partial charge on any atom is -0.497 e. The standard InChI is InChI=1S/C13H17N2O8P/c1-21-7-2-3-9-8(4-7)14-6-15(9)13-12(17)11(16)10(23-13)5-22-24(18,19)20/h2-4,6,10-13,16-17H,5H2,1H3,(H2,18,19,20)/t10-,11-,12-,13+/m1/s1. The van der Waals surface area contributed by atoms with Gasteiger partial charge in [-0.2, -0.15) is 0 Å². The molecular formula is C13H17N2O8P. The maximum Gasteiger partial charge on any atom is 0.469 e. The number of ether oxygens (including phenoxy) is 2. The van der Waals surface area contributed by atoms with E-state index < -0.39 is 39.0 Å². The second-order valence-electron chi connectivity index (χ2n) is 5.34. The number of aliphatic hydroxyl groups is 2. The van der Waals surface area contributed by atoms with E-state index in [0.717, 1.165) is 0 Å². The van der Waals surface area contributed by atoms with Crippen molar-refractivity contribution in [1.82, 2.24) is 9.55 Å². The Morgan fingerprint density at radius 3 is 2.75 bits per heavy atom. The first kappa shape index (κ1) is 17.3. The normalized spacial score (nSPS) is 27.7. The van der Waals surface area contributed by atoms with Gasteiger partial charge in [0, 0.05) is 6.07 Å². The topological polar surface area (TPSA) is 144 Å². The first-order valence-electron chi connectivity index (χ1n) is 7.02. The Morgan fingerprint density at radius 2 is 2.08 bits per heavy atom. The summed E-state index contributed by atoms with van der Waals surface area (Å²) in [4.78, 5) is 21.7. The van der Waals surface area contributed by atoms with Crippen molar-refractivity contribution in [3.05, 3.63) is 24.5 Å². The van der Waals surface area contributed by atoms with Crippen molar-refractivity contribution < 1.29 is 38.6 Å². The molecule has 1 saturated heterocycles. The molecule has 0 unspecified atom stereocenters. The Hall–Kier alpha value is -1.52. The number of aromatic nitrogens is 2. The zero-order chi connectivity index (χ0) is 17.5. The van der Waals surface area contributed by atoms with Gasteiger partial charge >= 0.3 is 7.82 Å². The van der Waals surface area contributed by atoms with Gasteiger partial charge in [-0.05, 0) is 12.1 Å². The number of hydrogen-bond acceptors (Lipinski definition) is 7. The molecule has 0 spiro atoms. The predicted molar refractivity (Wildman–Crippen MR) is 80.2 cm³/mol. The lowest BCUT2D eigenvalue weighted by atomic mass is 10.1. The number of nitrogens with zero attached hydrogens (tertiary/aromatic N) is 2. The van der Waals surface area contributed by atoms with E-state index in [-0.39, 0.29) is 0 Å². The lowest BCUT2D eigenvalue weighted by Crippen LogP contribution is -2.33. The minimum atomic E-state index is -4.70. The lowest BCUT2D eigenvalue weighted by Gasteiger charge is -2.17. The second kappa shape index (κ2) is 6.41. The molecule has 3 rings (SSSR count). The number of rotatable bonds is 5. The first-order valence-corrected chi connectivity index (χ1v) is 8.55. The average Bonchev–Trinajstić information content (AvgIpc) is 3.06. The highest BCUT2D eigenvalue weighted by Gasteiger charge is 2.44. The van der Waals surface area contributed by atoms with E-state index in [2.05, 4.69) is 9.51 Å². The van der Waals surface area contributed by atoms with Gasteiger partial charge in [-0.3, -0.25) is 4.52 Å². The third-order valence-electron chi connectivity index (χ3n) is 3.80. The summed E-state index contributed by atoms with van der Waals surface area (Å²) >= 11 is 0. The van der Waals surface area contributed by atoms with Gasteiger partial charge in [-0.1, -0.05) is 0 Å². The van der Waals surface area contributed by atoms with Crippen LogP contribution in [0.5, 0.6) is 5.75 Å². The molecule has 2 heterocycles. The Labute approximate surface area is 136 Å². The number of benzene rings is 1. The third kappa shape index (κ3) is 3.31. The average molecular weight is 360 g/mol. The van der Waals surface area contributed by atoms with Gasteiger partial charge in [0.15, 0.2) is 6.23 Å². The molecule has 24 heavy (non-hydrogen) atoms. The first-order chi connectivity index (χ1) is 11.3. The van der Waals surface area contributed by atoms with Gasteiger partial charge < -0.3 is 34.0 Å². The maximum atomic E-state index is 10.8. The van der Waals surface area contributed by atoms with E-state index >= 15 is 0 Å². The van der Waals surface area contributed by atoms with Gasteiger partial charge in [0.2, 0.25) is 0 Å². The molecule has 1 aromatic heterocycles. The van der Waals surface area contributed by atoms with Crippen LogP contribution in [0.2, 0.25) is 0 Å². The van der Waals surface area contributed by atoms with Crippen molar-refractivity contribution in [2.24, 2.45) is 0 Å². The van der Waals surface area contributed by atoms with E-state index in [1.807, 2.05) is 0 Å². The summed E-state index contributed by atoms with van der Waals surface area (Å²) in [5.74, 6) is 0.619. The van der Waals surface area contributed by atoms with Crippen molar-refractivity contribution in [2.45, 2.75) is 24.5 Å². The number of aliphatic hydroxyl groups excluding tert-OH is 2. The summed E-state index contributed by atoms with van der Waals surface area (Å²) in [5.41, 5.74) is 1.25. The van der Waals surface area contributed by atoms with Gasteiger partial charge in [0.05, 0.1) is 31.1 Å². The highest BCUT2D eigenvalue weighted by atomic mass is 31.2. The molecule has 0 aliphatic carbocycles. The van der Waals surface area contributed by atoms with E-state index in [0.29, 0.717) is 16.8 Å². The van der Waals surface area contributed by atoms with Crippen LogP contribution in [-0.2, 0) is 13.8 Å². The predicted octanol–water partition coefficient (Wildman–Crippen LogP) is -0.227. The molecule has 1 aliphatic rings. The number of hydrogen-bond donors (Lipinski definition) is 4. The molecule has 1 aromatic carbocycles. The summed E-state index contributed by atoms with van der Waals surface area (Å²) in [7, 11) is -3.17. The molecule has 2 aromatic rings. The van der Waals surface area contributed by atoms with E-state index in [9.17, 15) is 14.8 Å². The van der Waals surface area contributed by atoms with Crippen molar-refractivity contribution in [3.63, 3.8) is 0 Å². The van der Waals surface area contributed by atoms with Crippen LogP contribution < -0.4 is 4.74 Å². The van der Waals surface area contributed by atoms with Crippen LogP contribution >= 0.6 is 7.82 Å². The molecule has 132 valence electrons. The van der Waals surface area contributed by atoms with Crippen LogP contribution in [0.3, 0.4) is 0 Å². The third-order valence-corrected chi connectivity index (χ3v) is 4.29. The van der Waals surface area contributed by atoms with Crippen LogP contribution in [0.1, 0.15) is 6.23 Å². The molecule has 0 bridgehead atoms. The number of imidazole rings is 1. The molecule has 1 fully saturated rings. The van der Waals surface area contributed by atoms with E-state index in [4.69, 9.17) is 19.3 Å². The largest absolute Gasteiger partial charge is 0.497 e. The van der Waals surface area contributed by atoms with Crippen molar-refractivity contribution in [1.29, 1.82) is 0 Å². The molecule has 0 amide bonds. The van der Waals surface area contributed by atoms with Gasteiger partial charge in [-0.25, -0.2) is 9.55 Å². The van der Waals surface area contributed by atoms with Crippen LogP contribution in [0.25, 0.3) is 11.0 Å². The fraction of sp³-hybridized carbons (Fsp3) is 0.462. The van der Waals surface area contributed by atoms with Gasteiger partial charge in [-0.15, -0.1) is 0 Å². The van der Waals surface area contributed by atoms with Crippen molar-refractivity contribution in [3.8, 4) is 5.75 Å². The van der Waals surface area contributed by atoms with E-state index in [1.54, 1.807) is 18.2 Å². The Bertz CT molecular complexity index is 774. The maximum absolute atomic E-state index is 10.8. The molecule has 4 atom stereocenters. The highest BCUT2D eigenvalue weighted by Crippen LogP contribution is 2.39. The smallest absolute Gasteiger partial charge is 0.469 e. The summed E-state index contributed by atoms with van der Waals surface area (Å²) in [6.45, 7) is -0.556. The summed E-state index contributed by atoms with van der Waals surface area (Å²) < 4.78 is 27.3. The quantitative estimate of drug-likeness (QED) is 0.532. The number of phosphoric ester groups is 1. The zero-order valence-corrected chi connectivity index (χ0v) is 13.5. The highest BCUT2D eigenvalue weighted by molar-refractivity contribution is 7.46. The minimum absolute atomic E-state index is 0.556. The molecule has 0 radical (unpaired) electrons. The van der Waals surface area contributed by atoms with Crippen molar-refractivity contribution in [2.75, 3.05) is 13.7 Å².